The van der Waals surface area contributed by atoms with Gasteiger partial charge in [-0.05, 0) is 25.0 Å². The summed E-state index contributed by atoms with van der Waals surface area (Å²) in [5, 5.41) is 3.14. The molecule has 0 bridgehead atoms. The van der Waals surface area contributed by atoms with Crippen molar-refractivity contribution in [2.45, 2.75) is 13.3 Å². The van der Waals surface area contributed by atoms with E-state index in [1.165, 1.54) is 11.1 Å². The third-order valence-corrected chi connectivity index (χ3v) is 1.82. The monoisotopic (exact) mass is 146 g/mol. The van der Waals surface area contributed by atoms with Gasteiger partial charge >= 0.3 is 0 Å². The van der Waals surface area contributed by atoms with Crippen LogP contribution < -0.4 is 5.32 Å². The highest BCUT2D eigenvalue weighted by Crippen LogP contribution is 2.19. The average Bonchev–Trinajstić information content (AvgIpc) is 2.04. The van der Waals surface area contributed by atoms with E-state index in [-0.39, 0.29) is 0 Å². The van der Waals surface area contributed by atoms with E-state index in [4.69, 9.17) is 0 Å². The van der Waals surface area contributed by atoms with Crippen molar-refractivity contribution in [1.82, 2.24) is 4.98 Å². The van der Waals surface area contributed by atoms with E-state index in [0.717, 1.165) is 12.2 Å². The molecule has 0 unspecified atom stereocenters. The van der Waals surface area contributed by atoms with Gasteiger partial charge in [-0.25, -0.2) is 4.98 Å². The van der Waals surface area contributed by atoms with Crippen molar-refractivity contribution in [2.24, 2.45) is 0 Å². The molecule has 1 aliphatic rings. The molecular weight excluding hydrogens is 136 g/mol. The molecule has 1 aromatic heterocycles. The molecule has 11 heavy (non-hydrogen) atoms. The molecule has 0 fully saturated rings. The standard InChI is InChI=1S/C9H10N2/c1-7-5-8-3-2-4-10-9(8)11-6-7/h2-4,6H,5H2,1H3,(H,10,11). The Balaban J connectivity index is 2.42. The molecule has 0 atom stereocenters. The van der Waals surface area contributed by atoms with Crippen LogP contribution in [0.25, 0.3) is 0 Å². The number of fused-ring (bicyclic) bond motifs is 1. The van der Waals surface area contributed by atoms with Crippen molar-refractivity contribution in [2.75, 3.05) is 5.32 Å². The molecule has 1 N–H and O–H groups in total. The number of anilines is 1. The predicted molar refractivity (Wildman–Crippen MR) is 45.3 cm³/mol. The van der Waals surface area contributed by atoms with Gasteiger partial charge in [-0.3, -0.25) is 0 Å². The molecular formula is C9H10N2. The van der Waals surface area contributed by atoms with Gasteiger partial charge < -0.3 is 5.32 Å². The van der Waals surface area contributed by atoms with E-state index in [0.29, 0.717) is 0 Å². The number of allylic oxidation sites excluding steroid dienone is 1. The zero-order chi connectivity index (χ0) is 7.68. The number of aromatic nitrogens is 1. The van der Waals surface area contributed by atoms with Crippen molar-refractivity contribution in [3.8, 4) is 0 Å². The molecule has 0 saturated carbocycles. The second-order valence-electron chi connectivity index (χ2n) is 2.82. The Bertz CT molecular complexity index is 302. The predicted octanol–water partition coefficient (Wildman–Crippen LogP) is 1.95. The Morgan fingerprint density at radius 2 is 2.45 bits per heavy atom. The molecule has 0 radical (unpaired) electrons. The van der Waals surface area contributed by atoms with Crippen molar-refractivity contribution >= 4 is 5.82 Å². The van der Waals surface area contributed by atoms with Gasteiger partial charge in [-0.15, -0.1) is 0 Å². The lowest BCUT2D eigenvalue weighted by Gasteiger charge is -2.13. The van der Waals surface area contributed by atoms with E-state index in [1.807, 2.05) is 12.3 Å². The first kappa shape index (κ1) is 6.40. The van der Waals surface area contributed by atoms with E-state index in [1.54, 1.807) is 6.20 Å². The van der Waals surface area contributed by atoms with Crippen LogP contribution in [-0.4, -0.2) is 4.98 Å². The minimum absolute atomic E-state index is 0.998. The fourth-order valence-corrected chi connectivity index (χ4v) is 1.25. The smallest absolute Gasteiger partial charge is 0.133 e. The topological polar surface area (TPSA) is 24.9 Å². The van der Waals surface area contributed by atoms with Crippen LogP contribution in [0.3, 0.4) is 0 Å². The summed E-state index contributed by atoms with van der Waals surface area (Å²) in [4.78, 5) is 4.20. The maximum Gasteiger partial charge on any atom is 0.133 e. The van der Waals surface area contributed by atoms with Gasteiger partial charge in [0.05, 0.1) is 0 Å². The number of rotatable bonds is 0. The molecule has 1 aliphatic heterocycles. The Hall–Kier alpha value is -1.31. The molecule has 2 nitrogen and oxygen atoms in total. The van der Waals surface area contributed by atoms with Gasteiger partial charge in [-0.1, -0.05) is 11.6 Å². The lowest BCUT2D eigenvalue weighted by Crippen LogP contribution is -2.04. The summed E-state index contributed by atoms with van der Waals surface area (Å²) < 4.78 is 0. The summed E-state index contributed by atoms with van der Waals surface area (Å²) in [7, 11) is 0. The zero-order valence-corrected chi connectivity index (χ0v) is 6.46. The van der Waals surface area contributed by atoms with Crippen LogP contribution in [0.4, 0.5) is 5.82 Å². The Kier molecular flexibility index (Phi) is 1.39. The number of hydrogen-bond acceptors (Lipinski definition) is 2. The van der Waals surface area contributed by atoms with Gasteiger partial charge in [0.2, 0.25) is 0 Å². The number of pyridine rings is 1. The van der Waals surface area contributed by atoms with Crippen LogP contribution in [0.1, 0.15) is 12.5 Å². The first-order valence-corrected chi connectivity index (χ1v) is 3.72. The third kappa shape index (κ3) is 1.11. The summed E-state index contributed by atoms with van der Waals surface area (Å²) in [6.45, 7) is 2.11. The third-order valence-electron chi connectivity index (χ3n) is 1.82. The molecule has 0 aromatic carbocycles. The Labute approximate surface area is 66.0 Å². The fourth-order valence-electron chi connectivity index (χ4n) is 1.25. The highest BCUT2D eigenvalue weighted by Gasteiger charge is 2.06. The molecule has 2 rings (SSSR count). The average molecular weight is 146 g/mol. The summed E-state index contributed by atoms with van der Waals surface area (Å²) in [6, 6.07) is 4.07. The van der Waals surface area contributed by atoms with Gasteiger partial charge in [0, 0.05) is 12.4 Å². The molecule has 56 valence electrons. The van der Waals surface area contributed by atoms with Gasteiger partial charge in [0.25, 0.3) is 0 Å². The van der Waals surface area contributed by atoms with Crippen LogP contribution in [0.15, 0.2) is 30.1 Å². The van der Waals surface area contributed by atoms with E-state index in [2.05, 4.69) is 23.3 Å². The van der Waals surface area contributed by atoms with Crippen LogP contribution in [0.5, 0.6) is 0 Å². The Morgan fingerprint density at radius 3 is 3.36 bits per heavy atom. The first-order valence-electron chi connectivity index (χ1n) is 3.72. The SMILES string of the molecule is CC1=CNc2ncccc2C1. The maximum absolute atomic E-state index is 4.20. The summed E-state index contributed by atoms with van der Waals surface area (Å²) in [6.07, 6.45) is 4.84. The van der Waals surface area contributed by atoms with E-state index < -0.39 is 0 Å². The molecule has 0 spiro atoms. The van der Waals surface area contributed by atoms with Crippen LogP contribution >= 0.6 is 0 Å². The van der Waals surface area contributed by atoms with Gasteiger partial charge in [0.1, 0.15) is 5.82 Å². The molecule has 0 saturated heterocycles. The molecule has 2 heterocycles. The van der Waals surface area contributed by atoms with Gasteiger partial charge in [0.15, 0.2) is 0 Å². The zero-order valence-electron chi connectivity index (χ0n) is 6.46. The maximum atomic E-state index is 4.20. The highest BCUT2D eigenvalue weighted by atomic mass is 15.0. The van der Waals surface area contributed by atoms with E-state index in [9.17, 15) is 0 Å². The summed E-state index contributed by atoms with van der Waals surface area (Å²) in [5.41, 5.74) is 2.64. The van der Waals surface area contributed by atoms with Crippen molar-refractivity contribution < 1.29 is 0 Å². The van der Waals surface area contributed by atoms with Crippen molar-refractivity contribution in [1.29, 1.82) is 0 Å². The summed E-state index contributed by atoms with van der Waals surface area (Å²) in [5.74, 6) is 0.998. The second-order valence-corrected chi connectivity index (χ2v) is 2.82. The molecule has 2 heteroatoms. The quantitative estimate of drug-likeness (QED) is 0.605. The molecule has 0 amide bonds. The first-order chi connectivity index (χ1) is 5.36. The van der Waals surface area contributed by atoms with Crippen molar-refractivity contribution in [3.63, 3.8) is 0 Å². The minimum atomic E-state index is 0.998. The number of hydrogen-bond donors (Lipinski definition) is 1. The molecule has 1 aromatic rings. The number of nitrogens with one attached hydrogen (secondary N) is 1. The normalized spacial score (nSPS) is 14.8. The summed E-state index contributed by atoms with van der Waals surface area (Å²) >= 11 is 0. The lowest BCUT2D eigenvalue weighted by atomic mass is 10.1. The fraction of sp³-hybridized carbons (Fsp3) is 0.222. The Morgan fingerprint density at radius 1 is 1.55 bits per heavy atom. The second kappa shape index (κ2) is 2.38. The minimum Gasteiger partial charge on any atom is -0.346 e. The highest BCUT2D eigenvalue weighted by molar-refractivity contribution is 5.51. The van der Waals surface area contributed by atoms with Crippen LogP contribution in [-0.2, 0) is 6.42 Å². The van der Waals surface area contributed by atoms with Crippen molar-refractivity contribution in [3.05, 3.63) is 35.7 Å². The lowest BCUT2D eigenvalue weighted by molar-refractivity contribution is 1.07. The number of nitrogens with zero attached hydrogens (tertiary/aromatic N) is 1. The van der Waals surface area contributed by atoms with Crippen LogP contribution in [0.2, 0.25) is 0 Å². The van der Waals surface area contributed by atoms with Crippen LogP contribution in [0, 0.1) is 0 Å². The molecule has 0 aliphatic carbocycles. The van der Waals surface area contributed by atoms with E-state index >= 15 is 0 Å². The van der Waals surface area contributed by atoms with Gasteiger partial charge in [-0.2, -0.15) is 0 Å². The largest absolute Gasteiger partial charge is 0.346 e.